The van der Waals surface area contributed by atoms with Crippen LogP contribution in [-0.4, -0.2) is 52.2 Å². The zero-order valence-electron chi connectivity index (χ0n) is 16.4. The topological polar surface area (TPSA) is 140 Å². The summed E-state index contributed by atoms with van der Waals surface area (Å²) in [6.07, 6.45) is -0.253. The van der Waals surface area contributed by atoms with Crippen molar-refractivity contribution in [3.05, 3.63) is 40.6 Å². The molecule has 1 aliphatic rings. The van der Waals surface area contributed by atoms with Gasteiger partial charge in [0.15, 0.2) is 0 Å². The summed E-state index contributed by atoms with van der Waals surface area (Å²) >= 11 is 5.73. The molecule has 0 aromatic heterocycles. The number of halogens is 1. The summed E-state index contributed by atoms with van der Waals surface area (Å²) < 4.78 is 36.6. The Morgan fingerprint density at radius 1 is 1.20 bits per heavy atom. The molecule has 0 spiro atoms. The minimum Gasteiger partial charge on any atom is -0.463 e. The molecule has 1 aromatic carbocycles. The van der Waals surface area contributed by atoms with Gasteiger partial charge >= 0.3 is 18.0 Å². The zero-order valence-corrected chi connectivity index (χ0v) is 17.9. The smallest absolute Gasteiger partial charge is 0.338 e. The molecule has 0 aliphatic carbocycles. The molecule has 30 heavy (non-hydrogen) atoms. The van der Waals surface area contributed by atoms with Gasteiger partial charge in [0.05, 0.1) is 35.2 Å². The van der Waals surface area contributed by atoms with E-state index < -0.39 is 34.0 Å². The van der Waals surface area contributed by atoms with Gasteiger partial charge in [-0.25, -0.2) is 22.7 Å². The Balaban J connectivity index is 1.92. The van der Waals surface area contributed by atoms with Crippen LogP contribution in [0.1, 0.15) is 20.3 Å². The van der Waals surface area contributed by atoms with E-state index >= 15 is 0 Å². The van der Waals surface area contributed by atoms with Gasteiger partial charge in [-0.1, -0.05) is 11.6 Å². The molecule has 10 nitrogen and oxygen atoms in total. The van der Waals surface area contributed by atoms with E-state index in [0.29, 0.717) is 5.02 Å². The van der Waals surface area contributed by atoms with Crippen molar-refractivity contribution in [3.8, 4) is 0 Å². The average molecular weight is 460 g/mol. The molecular formula is C18H22ClN3O7S. The summed E-state index contributed by atoms with van der Waals surface area (Å²) in [6.45, 7) is 2.82. The molecule has 2 amide bonds. The third-order valence-corrected chi connectivity index (χ3v) is 5.72. The van der Waals surface area contributed by atoms with Gasteiger partial charge < -0.3 is 20.1 Å². The second kappa shape index (κ2) is 10.4. The van der Waals surface area contributed by atoms with Crippen LogP contribution in [0.25, 0.3) is 0 Å². The predicted molar refractivity (Wildman–Crippen MR) is 107 cm³/mol. The lowest BCUT2D eigenvalue weighted by molar-refractivity contribution is -0.143. The van der Waals surface area contributed by atoms with Crippen LogP contribution >= 0.6 is 11.6 Å². The first kappa shape index (κ1) is 23.6. The van der Waals surface area contributed by atoms with Crippen molar-refractivity contribution in [3.63, 3.8) is 0 Å². The fraction of sp³-hybridized carbons (Fsp3) is 0.389. The molecule has 2 rings (SSSR count). The average Bonchev–Trinajstić information content (AvgIpc) is 2.66. The number of sulfonamides is 1. The Morgan fingerprint density at radius 3 is 2.50 bits per heavy atom. The van der Waals surface area contributed by atoms with Crippen molar-refractivity contribution in [1.82, 2.24) is 15.4 Å². The normalized spacial score (nSPS) is 16.5. The van der Waals surface area contributed by atoms with Gasteiger partial charge in [0.2, 0.25) is 10.0 Å². The fourth-order valence-electron chi connectivity index (χ4n) is 2.60. The number of carbonyl (C=O) groups is 3. The van der Waals surface area contributed by atoms with Crippen molar-refractivity contribution in [2.45, 2.75) is 31.2 Å². The Kier molecular flexibility index (Phi) is 8.21. The van der Waals surface area contributed by atoms with Crippen LogP contribution in [0.3, 0.4) is 0 Å². The largest absolute Gasteiger partial charge is 0.463 e. The molecule has 0 unspecified atom stereocenters. The van der Waals surface area contributed by atoms with Crippen LogP contribution in [0.4, 0.5) is 4.79 Å². The maximum Gasteiger partial charge on any atom is 0.338 e. The number of esters is 2. The van der Waals surface area contributed by atoms with Crippen molar-refractivity contribution in [2.75, 3.05) is 19.8 Å². The monoisotopic (exact) mass is 459 g/mol. The molecule has 0 fully saturated rings. The van der Waals surface area contributed by atoms with Crippen LogP contribution in [0.2, 0.25) is 5.02 Å². The highest BCUT2D eigenvalue weighted by atomic mass is 35.5. The second-order valence-corrected chi connectivity index (χ2v) is 8.40. The van der Waals surface area contributed by atoms with Crippen molar-refractivity contribution < 1.29 is 32.3 Å². The van der Waals surface area contributed by atoms with E-state index in [1.54, 1.807) is 13.8 Å². The van der Waals surface area contributed by atoms with Crippen molar-refractivity contribution in [2.24, 2.45) is 0 Å². The van der Waals surface area contributed by atoms with Crippen LogP contribution in [-0.2, 0) is 29.1 Å². The molecule has 0 radical (unpaired) electrons. The molecule has 1 aromatic rings. The van der Waals surface area contributed by atoms with E-state index in [9.17, 15) is 22.8 Å². The third kappa shape index (κ3) is 6.44. The Morgan fingerprint density at radius 2 is 1.87 bits per heavy atom. The van der Waals surface area contributed by atoms with Crippen LogP contribution in [0, 0.1) is 0 Å². The number of hydrogen-bond donors (Lipinski definition) is 3. The summed E-state index contributed by atoms with van der Waals surface area (Å²) in [5.74, 6) is -1.36. The highest BCUT2D eigenvalue weighted by Gasteiger charge is 2.30. The standard InChI is InChI=1S/C18H22ClN3O7S/c1-3-28-17(24)16-11(2)21-18(25)22-14(16)10-29-15(23)8-9-20-30(26,27)13-6-4-12(19)5-7-13/h4-7,11,20H,3,8-10H2,1-2H3,(H2,21,22,25)/t11-/m0/s1. The van der Waals surface area contributed by atoms with E-state index in [4.69, 9.17) is 21.1 Å². The Hall–Kier alpha value is -2.63. The van der Waals surface area contributed by atoms with Gasteiger partial charge in [0.1, 0.15) is 6.61 Å². The van der Waals surface area contributed by atoms with Gasteiger partial charge in [0, 0.05) is 11.6 Å². The minimum atomic E-state index is -3.80. The van der Waals surface area contributed by atoms with Crippen LogP contribution in [0.5, 0.6) is 0 Å². The molecular weight excluding hydrogens is 438 g/mol. The molecule has 1 aliphatic heterocycles. The molecule has 1 heterocycles. The maximum atomic E-state index is 12.2. The SMILES string of the molecule is CCOC(=O)C1=C(COC(=O)CCNS(=O)(=O)c2ccc(Cl)cc2)NC(=O)N[C@H]1C. The Labute approximate surface area is 179 Å². The van der Waals surface area contributed by atoms with Crippen molar-refractivity contribution >= 4 is 39.6 Å². The summed E-state index contributed by atoms with van der Waals surface area (Å²) in [5, 5.41) is 5.35. The molecule has 164 valence electrons. The predicted octanol–water partition coefficient (Wildman–Crippen LogP) is 1.07. The number of nitrogens with one attached hydrogen (secondary N) is 3. The number of hydrogen-bond acceptors (Lipinski definition) is 7. The second-order valence-electron chi connectivity index (χ2n) is 6.20. The quantitative estimate of drug-likeness (QED) is 0.469. The number of amides is 2. The van der Waals surface area contributed by atoms with E-state index in [1.165, 1.54) is 24.3 Å². The molecule has 0 bridgehead atoms. The van der Waals surface area contributed by atoms with E-state index in [0.717, 1.165) is 0 Å². The van der Waals surface area contributed by atoms with Gasteiger partial charge in [-0.2, -0.15) is 0 Å². The lowest BCUT2D eigenvalue weighted by Gasteiger charge is -2.26. The van der Waals surface area contributed by atoms with Crippen molar-refractivity contribution in [1.29, 1.82) is 0 Å². The van der Waals surface area contributed by atoms with E-state index in [-0.39, 0.29) is 42.3 Å². The maximum absolute atomic E-state index is 12.2. The molecule has 12 heteroatoms. The lowest BCUT2D eigenvalue weighted by Crippen LogP contribution is -2.50. The minimum absolute atomic E-state index is 0.0101. The Bertz CT molecular complexity index is 945. The first-order valence-electron chi connectivity index (χ1n) is 9.02. The number of benzene rings is 1. The van der Waals surface area contributed by atoms with Crippen LogP contribution < -0.4 is 15.4 Å². The zero-order chi connectivity index (χ0) is 22.3. The fourth-order valence-corrected chi connectivity index (χ4v) is 3.76. The van der Waals surface area contributed by atoms with E-state index in [2.05, 4.69) is 15.4 Å². The first-order chi connectivity index (χ1) is 14.1. The molecule has 1 atom stereocenters. The highest BCUT2D eigenvalue weighted by molar-refractivity contribution is 7.89. The van der Waals surface area contributed by atoms with Gasteiger partial charge in [0.25, 0.3) is 0 Å². The van der Waals surface area contributed by atoms with Crippen LogP contribution in [0.15, 0.2) is 40.4 Å². The summed E-state index contributed by atoms with van der Waals surface area (Å²) in [7, 11) is -3.80. The first-order valence-corrected chi connectivity index (χ1v) is 10.9. The summed E-state index contributed by atoms with van der Waals surface area (Å²) in [5.41, 5.74) is 0.257. The summed E-state index contributed by atoms with van der Waals surface area (Å²) in [6, 6.07) is 4.39. The van der Waals surface area contributed by atoms with Gasteiger partial charge in [-0.15, -0.1) is 0 Å². The third-order valence-electron chi connectivity index (χ3n) is 3.99. The summed E-state index contributed by atoms with van der Waals surface area (Å²) in [4.78, 5) is 35.8. The molecule has 0 saturated carbocycles. The highest BCUT2D eigenvalue weighted by Crippen LogP contribution is 2.15. The van der Waals surface area contributed by atoms with Gasteiger partial charge in [-0.3, -0.25) is 4.79 Å². The van der Waals surface area contributed by atoms with Gasteiger partial charge in [-0.05, 0) is 38.1 Å². The number of rotatable bonds is 9. The molecule has 0 saturated heterocycles. The number of carbonyl (C=O) groups excluding carboxylic acids is 3. The molecule has 3 N–H and O–H groups in total. The number of ether oxygens (including phenoxy) is 2. The van der Waals surface area contributed by atoms with E-state index in [1.807, 2.05) is 0 Å². The lowest BCUT2D eigenvalue weighted by atomic mass is 10.0. The number of urea groups is 1.